The summed E-state index contributed by atoms with van der Waals surface area (Å²) in [6, 6.07) is 0. The van der Waals surface area contributed by atoms with Gasteiger partial charge in [0.05, 0.1) is 6.10 Å². The monoisotopic (exact) mass is 199 g/mol. The van der Waals surface area contributed by atoms with E-state index in [0.717, 1.165) is 19.3 Å². The molecule has 2 nitrogen and oxygen atoms in total. The number of rotatable bonds is 8. The second kappa shape index (κ2) is 9.04. The van der Waals surface area contributed by atoms with Crippen LogP contribution in [0.4, 0.5) is 0 Å². The van der Waals surface area contributed by atoms with E-state index in [1.165, 1.54) is 19.3 Å². The first-order valence-electron chi connectivity index (χ1n) is 5.65. The van der Waals surface area contributed by atoms with E-state index < -0.39 is 0 Å². The normalized spacial score (nSPS) is 10.6. The molecule has 0 rings (SSSR count). The lowest BCUT2D eigenvalue weighted by molar-refractivity contribution is -0.147. The molecule has 1 radical (unpaired) electrons. The predicted molar refractivity (Wildman–Crippen MR) is 58.9 cm³/mol. The van der Waals surface area contributed by atoms with E-state index in [-0.39, 0.29) is 12.1 Å². The topological polar surface area (TPSA) is 26.3 Å². The van der Waals surface area contributed by atoms with E-state index in [1.807, 2.05) is 13.8 Å². The summed E-state index contributed by atoms with van der Waals surface area (Å²) in [5.41, 5.74) is 0. The Morgan fingerprint density at radius 1 is 1.14 bits per heavy atom. The van der Waals surface area contributed by atoms with E-state index in [2.05, 4.69) is 6.92 Å². The van der Waals surface area contributed by atoms with Crippen molar-refractivity contribution < 1.29 is 9.53 Å². The minimum Gasteiger partial charge on any atom is -0.463 e. The minimum absolute atomic E-state index is 0.0219. The van der Waals surface area contributed by atoms with Crippen LogP contribution in [0.2, 0.25) is 0 Å². The zero-order valence-electron chi connectivity index (χ0n) is 9.55. The molecule has 0 aromatic heterocycles. The van der Waals surface area contributed by atoms with Gasteiger partial charge in [-0.3, -0.25) is 4.79 Å². The van der Waals surface area contributed by atoms with Crippen LogP contribution >= 0.6 is 0 Å². The van der Waals surface area contributed by atoms with Gasteiger partial charge in [-0.25, -0.2) is 0 Å². The highest BCUT2D eigenvalue weighted by Crippen LogP contribution is 2.07. The third kappa shape index (κ3) is 9.56. The van der Waals surface area contributed by atoms with Gasteiger partial charge in [0.25, 0.3) is 0 Å². The van der Waals surface area contributed by atoms with Crippen molar-refractivity contribution in [2.24, 2.45) is 0 Å². The second-order valence-electron chi connectivity index (χ2n) is 3.91. The Kier molecular flexibility index (Phi) is 8.70. The fourth-order valence-corrected chi connectivity index (χ4v) is 1.30. The Bertz CT molecular complexity index is 141. The molecule has 0 heterocycles. The van der Waals surface area contributed by atoms with Gasteiger partial charge < -0.3 is 4.74 Å². The van der Waals surface area contributed by atoms with E-state index in [0.29, 0.717) is 6.42 Å². The van der Waals surface area contributed by atoms with Gasteiger partial charge in [0.1, 0.15) is 0 Å². The molecule has 2 heteroatoms. The van der Waals surface area contributed by atoms with Crippen LogP contribution in [0, 0.1) is 6.92 Å². The average molecular weight is 199 g/mol. The van der Waals surface area contributed by atoms with Gasteiger partial charge in [-0.1, -0.05) is 39.0 Å². The fourth-order valence-electron chi connectivity index (χ4n) is 1.30. The molecule has 0 fully saturated rings. The molecule has 14 heavy (non-hydrogen) atoms. The highest BCUT2D eigenvalue weighted by atomic mass is 16.5. The van der Waals surface area contributed by atoms with Crippen LogP contribution < -0.4 is 0 Å². The first-order chi connectivity index (χ1) is 6.66. The standard InChI is InChI=1S/C12H23O2/c1-4-5-6-7-8-9-10-12(13)14-11(2)3/h11H,1,4-10H2,2-3H3. The Balaban J connectivity index is 3.15. The summed E-state index contributed by atoms with van der Waals surface area (Å²) in [6.07, 6.45) is 7.37. The number of hydrogen-bond acceptors (Lipinski definition) is 2. The molecule has 0 atom stereocenters. The minimum atomic E-state index is -0.0582. The van der Waals surface area contributed by atoms with Crippen LogP contribution in [0.1, 0.15) is 58.8 Å². The van der Waals surface area contributed by atoms with Gasteiger partial charge in [0.15, 0.2) is 0 Å². The van der Waals surface area contributed by atoms with Crippen molar-refractivity contribution >= 4 is 5.97 Å². The number of esters is 1. The fraction of sp³-hybridized carbons (Fsp3) is 0.833. The number of ether oxygens (including phenoxy) is 1. The maximum absolute atomic E-state index is 11.1. The number of carbonyl (C=O) groups excluding carboxylic acids is 1. The van der Waals surface area contributed by atoms with Crippen molar-refractivity contribution in [3.05, 3.63) is 6.92 Å². The average Bonchev–Trinajstić information content (AvgIpc) is 2.10. The summed E-state index contributed by atoms with van der Waals surface area (Å²) >= 11 is 0. The number of carbonyl (C=O) groups is 1. The lowest BCUT2D eigenvalue weighted by Gasteiger charge is -2.07. The first-order valence-corrected chi connectivity index (χ1v) is 5.65. The van der Waals surface area contributed by atoms with Crippen LogP contribution in [0.3, 0.4) is 0 Å². The molecule has 0 unspecified atom stereocenters. The molecule has 0 aromatic carbocycles. The van der Waals surface area contributed by atoms with Crippen LogP contribution in [-0.2, 0) is 9.53 Å². The van der Waals surface area contributed by atoms with E-state index in [1.54, 1.807) is 0 Å². The summed E-state index contributed by atoms with van der Waals surface area (Å²) in [6.45, 7) is 7.55. The van der Waals surface area contributed by atoms with Crippen LogP contribution in [0.5, 0.6) is 0 Å². The summed E-state index contributed by atoms with van der Waals surface area (Å²) in [5.74, 6) is -0.0582. The molecule has 0 aliphatic rings. The number of hydrogen-bond donors (Lipinski definition) is 0. The van der Waals surface area contributed by atoms with E-state index in [9.17, 15) is 4.79 Å². The van der Waals surface area contributed by atoms with E-state index >= 15 is 0 Å². The van der Waals surface area contributed by atoms with Crippen molar-refractivity contribution in [2.75, 3.05) is 0 Å². The molecule has 0 aliphatic heterocycles. The molecule has 0 spiro atoms. The zero-order chi connectivity index (χ0) is 10.8. The highest BCUT2D eigenvalue weighted by Gasteiger charge is 2.04. The zero-order valence-corrected chi connectivity index (χ0v) is 9.55. The van der Waals surface area contributed by atoms with Gasteiger partial charge in [-0.15, -0.1) is 0 Å². The lowest BCUT2D eigenvalue weighted by Crippen LogP contribution is -2.10. The third-order valence-electron chi connectivity index (χ3n) is 2.00. The Morgan fingerprint density at radius 3 is 2.29 bits per heavy atom. The predicted octanol–water partition coefficient (Wildman–Crippen LogP) is 3.50. The molecule has 0 bridgehead atoms. The quantitative estimate of drug-likeness (QED) is 0.442. The maximum atomic E-state index is 11.1. The third-order valence-corrected chi connectivity index (χ3v) is 2.00. The molecule has 0 saturated carbocycles. The van der Waals surface area contributed by atoms with Crippen molar-refractivity contribution in [3.8, 4) is 0 Å². The molecule has 0 saturated heterocycles. The van der Waals surface area contributed by atoms with Gasteiger partial charge in [0, 0.05) is 6.42 Å². The molecule has 0 aromatic rings. The second-order valence-corrected chi connectivity index (χ2v) is 3.91. The van der Waals surface area contributed by atoms with Crippen molar-refractivity contribution in [3.63, 3.8) is 0 Å². The molecule has 83 valence electrons. The Labute approximate surface area is 88.0 Å². The molecule has 0 N–H and O–H groups in total. The number of unbranched alkanes of at least 4 members (excludes halogenated alkanes) is 5. The molecular formula is C12H23O2. The van der Waals surface area contributed by atoms with Crippen molar-refractivity contribution in [1.82, 2.24) is 0 Å². The largest absolute Gasteiger partial charge is 0.463 e. The SMILES string of the molecule is [CH2]CCCCCCCC(=O)OC(C)C. The smallest absolute Gasteiger partial charge is 0.306 e. The van der Waals surface area contributed by atoms with Crippen LogP contribution in [0.25, 0.3) is 0 Å². The van der Waals surface area contributed by atoms with Crippen molar-refractivity contribution in [1.29, 1.82) is 0 Å². The highest BCUT2D eigenvalue weighted by molar-refractivity contribution is 5.69. The summed E-state index contributed by atoms with van der Waals surface area (Å²) in [7, 11) is 0. The Hall–Kier alpha value is -0.530. The maximum Gasteiger partial charge on any atom is 0.306 e. The molecule has 0 amide bonds. The Morgan fingerprint density at radius 2 is 1.71 bits per heavy atom. The van der Waals surface area contributed by atoms with Crippen LogP contribution in [-0.4, -0.2) is 12.1 Å². The van der Waals surface area contributed by atoms with E-state index in [4.69, 9.17) is 4.74 Å². The van der Waals surface area contributed by atoms with Crippen LogP contribution in [0.15, 0.2) is 0 Å². The summed E-state index contributed by atoms with van der Waals surface area (Å²) in [4.78, 5) is 11.1. The molecular weight excluding hydrogens is 176 g/mol. The summed E-state index contributed by atoms with van der Waals surface area (Å²) < 4.78 is 5.03. The lowest BCUT2D eigenvalue weighted by atomic mass is 10.1. The van der Waals surface area contributed by atoms with Crippen molar-refractivity contribution in [2.45, 2.75) is 64.9 Å². The van der Waals surface area contributed by atoms with Gasteiger partial charge in [0.2, 0.25) is 0 Å². The first kappa shape index (κ1) is 13.5. The summed E-state index contributed by atoms with van der Waals surface area (Å²) in [5, 5.41) is 0. The van der Waals surface area contributed by atoms with Gasteiger partial charge >= 0.3 is 5.97 Å². The van der Waals surface area contributed by atoms with Gasteiger partial charge in [-0.05, 0) is 20.3 Å². The van der Waals surface area contributed by atoms with Gasteiger partial charge in [-0.2, -0.15) is 0 Å². The molecule has 0 aliphatic carbocycles.